The summed E-state index contributed by atoms with van der Waals surface area (Å²) in [5.41, 5.74) is 1.93. The highest BCUT2D eigenvalue weighted by atomic mass is 16.5. The maximum absolute atomic E-state index is 12.2. The monoisotopic (exact) mass is 357 g/mol. The van der Waals surface area contributed by atoms with Crippen molar-refractivity contribution in [2.24, 2.45) is 0 Å². The Balaban J connectivity index is 1.54. The zero-order chi connectivity index (χ0) is 18.7. The third kappa shape index (κ3) is 4.05. The Bertz CT molecular complexity index is 847. The van der Waals surface area contributed by atoms with Gasteiger partial charge in [-0.2, -0.15) is 4.98 Å². The molecule has 0 saturated carbocycles. The summed E-state index contributed by atoms with van der Waals surface area (Å²) >= 11 is 0. The SMILES string of the molecule is Cc1cccc(-c2noc(CN(C)C(=O)CCC3NC(=O)NC3=O)n2)c1. The standard InChI is InChI=1S/C17H19N5O4/c1-10-4-3-5-11(8-10)15-19-13(26-21-15)9-22(2)14(23)7-6-12-16(24)20-17(25)18-12/h3-5,8,12H,6-7,9H2,1-2H3,(H2,18,20,24,25). The van der Waals surface area contributed by atoms with Crippen molar-refractivity contribution in [1.29, 1.82) is 0 Å². The first kappa shape index (κ1) is 17.6. The van der Waals surface area contributed by atoms with Crippen LogP contribution in [-0.4, -0.2) is 46.0 Å². The van der Waals surface area contributed by atoms with Crippen molar-refractivity contribution >= 4 is 17.8 Å². The van der Waals surface area contributed by atoms with Crippen LogP contribution in [0, 0.1) is 6.92 Å². The van der Waals surface area contributed by atoms with E-state index in [9.17, 15) is 14.4 Å². The van der Waals surface area contributed by atoms with Crippen molar-refractivity contribution in [3.8, 4) is 11.4 Å². The highest BCUT2D eigenvalue weighted by Crippen LogP contribution is 2.17. The second-order valence-electron chi connectivity index (χ2n) is 6.18. The van der Waals surface area contributed by atoms with E-state index in [1.54, 1.807) is 7.05 Å². The summed E-state index contributed by atoms with van der Waals surface area (Å²) in [5.74, 6) is 0.193. The van der Waals surface area contributed by atoms with E-state index in [4.69, 9.17) is 4.52 Å². The third-order valence-electron chi connectivity index (χ3n) is 4.05. The Labute approximate surface area is 149 Å². The van der Waals surface area contributed by atoms with Crippen molar-refractivity contribution in [3.63, 3.8) is 0 Å². The molecule has 136 valence electrons. The van der Waals surface area contributed by atoms with Gasteiger partial charge in [0.2, 0.25) is 17.6 Å². The molecule has 0 radical (unpaired) electrons. The van der Waals surface area contributed by atoms with Crippen molar-refractivity contribution in [2.75, 3.05) is 7.05 Å². The molecule has 1 aliphatic heterocycles. The van der Waals surface area contributed by atoms with Gasteiger partial charge in [-0.3, -0.25) is 14.9 Å². The summed E-state index contributed by atoms with van der Waals surface area (Å²) in [6.07, 6.45) is 0.354. The number of carbonyl (C=O) groups is 3. The molecule has 0 bridgehead atoms. The number of hydrogen-bond donors (Lipinski definition) is 2. The van der Waals surface area contributed by atoms with Crippen LogP contribution in [0.4, 0.5) is 4.79 Å². The number of aromatic nitrogens is 2. The Kier molecular flexibility index (Phi) is 4.97. The fraction of sp³-hybridized carbons (Fsp3) is 0.353. The average molecular weight is 357 g/mol. The minimum Gasteiger partial charge on any atom is -0.337 e. The number of nitrogens with zero attached hydrogens (tertiary/aromatic N) is 3. The maximum atomic E-state index is 12.2. The van der Waals surface area contributed by atoms with Gasteiger partial charge in [0.25, 0.3) is 5.91 Å². The van der Waals surface area contributed by atoms with Crippen LogP contribution in [0.25, 0.3) is 11.4 Å². The van der Waals surface area contributed by atoms with E-state index in [1.165, 1.54) is 4.90 Å². The second-order valence-corrected chi connectivity index (χ2v) is 6.18. The van der Waals surface area contributed by atoms with Crippen molar-refractivity contribution in [2.45, 2.75) is 32.4 Å². The van der Waals surface area contributed by atoms with Gasteiger partial charge in [-0.05, 0) is 19.4 Å². The van der Waals surface area contributed by atoms with Crippen LogP contribution in [0.15, 0.2) is 28.8 Å². The molecular weight excluding hydrogens is 338 g/mol. The summed E-state index contributed by atoms with van der Waals surface area (Å²) in [4.78, 5) is 40.5. The Hall–Kier alpha value is -3.23. The Morgan fingerprint density at radius 1 is 1.35 bits per heavy atom. The van der Waals surface area contributed by atoms with Crippen molar-refractivity contribution in [1.82, 2.24) is 25.7 Å². The molecule has 1 fully saturated rings. The normalized spacial score (nSPS) is 16.3. The molecule has 4 amide bonds. The predicted octanol–water partition coefficient (Wildman–Crippen LogP) is 0.992. The lowest BCUT2D eigenvalue weighted by molar-refractivity contribution is -0.131. The van der Waals surface area contributed by atoms with Crippen molar-refractivity contribution in [3.05, 3.63) is 35.7 Å². The largest absolute Gasteiger partial charge is 0.337 e. The first-order valence-electron chi connectivity index (χ1n) is 8.17. The van der Waals surface area contributed by atoms with E-state index in [-0.39, 0.29) is 25.3 Å². The molecule has 1 unspecified atom stereocenters. The Morgan fingerprint density at radius 3 is 2.85 bits per heavy atom. The molecule has 0 spiro atoms. The van der Waals surface area contributed by atoms with Gasteiger partial charge in [0.1, 0.15) is 6.04 Å². The summed E-state index contributed by atoms with van der Waals surface area (Å²) in [5, 5.41) is 8.54. The van der Waals surface area contributed by atoms with E-state index in [1.807, 2.05) is 31.2 Å². The van der Waals surface area contributed by atoms with E-state index in [0.29, 0.717) is 11.7 Å². The number of amides is 4. The summed E-state index contributed by atoms with van der Waals surface area (Å²) in [6, 6.07) is 6.52. The first-order valence-corrected chi connectivity index (χ1v) is 8.17. The molecule has 2 heterocycles. The van der Waals surface area contributed by atoms with Gasteiger partial charge in [0, 0.05) is 19.0 Å². The Morgan fingerprint density at radius 2 is 2.15 bits per heavy atom. The highest BCUT2D eigenvalue weighted by Gasteiger charge is 2.30. The fourth-order valence-electron chi connectivity index (χ4n) is 2.63. The highest BCUT2D eigenvalue weighted by molar-refractivity contribution is 6.04. The molecule has 26 heavy (non-hydrogen) atoms. The van der Waals surface area contributed by atoms with Crippen LogP contribution >= 0.6 is 0 Å². The van der Waals surface area contributed by atoms with Crippen LogP contribution < -0.4 is 10.6 Å². The quantitative estimate of drug-likeness (QED) is 0.745. The number of nitrogens with one attached hydrogen (secondary N) is 2. The number of urea groups is 1. The smallest absolute Gasteiger partial charge is 0.322 e. The number of benzene rings is 1. The molecule has 3 rings (SSSR count). The third-order valence-corrected chi connectivity index (χ3v) is 4.05. The van der Waals surface area contributed by atoms with E-state index in [0.717, 1.165) is 11.1 Å². The zero-order valence-corrected chi connectivity index (χ0v) is 14.5. The lowest BCUT2D eigenvalue weighted by Gasteiger charge is -2.15. The molecule has 1 aromatic carbocycles. The molecule has 1 aliphatic rings. The predicted molar refractivity (Wildman–Crippen MR) is 90.6 cm³/mol. The number of aryl methyl sites for hydroxylation is 1. The van der Waals surface area contributed by atoms with Gasteiger partial charge in [-0.15, -0.1) is 0 Å². The fourth-order valence-corrected chi connectivity index (χ4v) is 2.63. The number of hydrogen-bond acceptors (Lipinski definition) is 6. The molecule has 1 atom stereocenters. The van der Waals surface area contributed by atoms with Gasteiger partial charge >= 0.3 is 6.03 Å². The zero-order valence-electron chi connectivity index (χ0n) is 14.5. The molecule has 0 aliphatic carbocycles. The van der Waals surface area contributed by atoms with E-state index < -0.39 is 18.0 Å². The van der Waals surface area contributed by atoms with Gasteiger partial charge in [-0.25, -0.2) is 4.79 Å². The van der Waals surface area contributed by atoms with Gasteiger partial charge in [0.15, 0.2) is 0 Å². The first-order chi connectivity index (χ1) is 12.4. The molecule has 2 aromatic rings. The lowest BCUT2D eigenvalue weighted by atomic mass is 10.1. The molecular formula is C17H19N5O4. The number of rotatable bonds is 6. The van der Waals surface area contributed by atoms with Crippen LogP contribution in [0.3, 0.4) is 0 Å². The van der Waals surface area contributed by atoms with Crippen LogP contribution in [0.5, 0.6) is 0 Å². The van der Waals surface area contributed by atoms with Crippen molar-refractivity contribution < 1.29 is 18.9 Å². The summed E-state index contributed by atoms with van der Waals surface area (Å²) in [7, 11) is 1.62. The van der Waals surface area contributed by atoms with Gasteiger partial charge in [-0.1, -0.05) is 28.9 Å². The second kappa shape index (κ2) is 7.34. The average Bonchev–Trinajstić information content (AvgIpc) is 3.18. The van der Waals surface area contributed by atoms with Gasteiger partial charge in [0.05, 0.1) is 6.54 Å². The summed E-state index contributed by atoms with van der Waals surface area (Å²) in [6.45, 7) is 2.14. The molecule has 1 aromatic heterocycles. The number of imide groups is 1. The minimum absolute atomic E-state index is 0.119. The minimum atomic E-state index is -0.670. The van der Waals surface area contributed by atoms with E-state index in [2.05, 4.69) is 20.8 Å². The van der Waals surface area contributed by atoms with Crippen LogP contribution in [-0.2, 0) is 16.1 Å². The van der Waals surface area contributed by atoms with Crippen LogP contribution in [0.2, 0.25) is 0 Å². The number of carbonyl (C=O) groups excluding carboxylic acids is 3. The molecule has 9 nitrogen and oxygen atoms in total. The molecule has 2 N–H and O–H groups in total. The van der Waals surface area contributed by atoms with E-state index >= 15 is 0 Å². The molecule has 9 heteroatoms. The van der Waals surface area contributed by atoms with Gasteiger partial charge < -0.3 is 14.7 Å². The maximum Gasteiger partial charge on any atom is 0.322 e. The molecule has 1 saturated heterocycles. The summed E-state index contributed by atoms with van der Waals surface area (Å²) < 4.78 is 5.21. The lowest BCUT2D eigenvalue weighted by Crippen LogP contribution is -2.32. The van der Waals surface area contributed by atoms with Crippen LogP contribution in [0.1, 0.15) is 24.3 Å². The topological polar surface area (TPSA) is 117 Å².